The van der Waals surface area contributed by atoms with E-state index in [0.29, 0.717) is 0 Å². The van der Waals surface area contributed by atoms with Crippen LogP contribution in [0.2, 0.25) is 0 Å². The Kier molecular flexibility index (Phi) is 4.09. The highest BCUT2D eigenvalue weighted by molar-refractivity contribution is 5.82. The molecule has 1 atom stereocenters. The zero-order chi connectivity index (χ0) is 12.1. The Morgan fingerprint density at radius 3 is 2.94 bits per heavy atom. The molecule has 1 amide bonds. The number of rotatable bonds is 4. The molecule has 4 heteroatoms. The molecular weight excluding hydrogens is 214 g/mol. The van der Waals surface area contributed by atoms with Gasteiger partial charge in [0.05, 0.1) is 6.04 Å². The molecule has 17 heavy (non-hydrogen) atoms. The molecular formula is C13H19N3O. The molecule has 1 aliphatic heterocycles. The van der Waals surface area contributed by atoms with Crippen molar-refractivity contribution >= 4 is 5.91 Å². The number of aromatic nitrogens is 1. The fourth-order valence-electron chi connectivity index (χ4n) is 2.15. The summed E-state index contributed by atoms with van der Waals surface area (Å²) in [5.41, 5.74) is 1.24. The second kappa shape index (κ2) is 5.77. The first kappa shape index (κ1) is 12.0. The molecule has 0 bridgehead atoms. The summed E-state index contributed by atoms with van der Waals surface area (Å²) in [4.78, 5) is 18.0. The van der Waals surface area contributed by atoms with Crippen LogP contribution in [-0.4, -0.2) is 41.5 Å². The summed E-state index contributed by atoms with van der Waals surface area (Å²) in [7, 11) is 0. The van der Waals surface area contributed by atoms with Gasteiger partial charge in [-0.05, 0) is 30.5 Å². The van der Waals surface area contributed by atoms with Gasteiger partial charge in [0.2, 0.25) is 5.91 Å². The molecule has 1 aliphatic rings. The topological polar surface area (TPSA) is 45.2 Å². The normalized spacial score (nSPS) is 20.6. The Bertz CT molecular complexity index is 366. The zero-order valence-electron chi connectivity index (χ0n) is 10.2. The molecule has 1 aromatic rings. The van der Waals surface area contributed by atoms with Crippen LogP contribution in [0.1, 0.15) is 18.9 Å². The second-order valence-corrected chi connectivity index (χ2v) is 4.35. The van der Waals surface area contributed by atoms with Crippen molar-refractivity contribution in [2.45, 2.75) is 25.8 Å². The highest BCUT2D eigenvalue weighted by Crippen LogP contribution is 2.06. The Labute approximate surface area is 102 Å². The van der Waals surface area contributed by atoms with E-state index in [1.54, 1.807) is 12.4 Å². The van der Waals surface area contributed by atoms with Gasteiger partial charge in [0.15, 0.2) is 0 Å². The molecule has 1 unspecified atom stereocenters. The van der Waals surface area contributed by atoms with Crippen molar-refractivity contribution in [3.05, 3.63) is 30.1 Å². The standard InChI is InChI=1S/C13H19N3O/c1-2-12-13(17)16(10-8-15-12)9-5-11-3-6-14-7-4-11/h3-4,6-7,12,15H,2,5,8-10H2,1H3. The molecule has 2 heterocycles. The largest absolute Gasteiger partial charge is 0.340 e. The predicted octanol–water partition coefficient (Wildman–Crippen LogP) is 0.834. The van der Waals surface area contributed by atoms with Crippen LogP contribution in [-0.2, 0) is 11.2 Å². The molecule has 4 nitrogen and oxygen atoms in total. The summed E-state index contributed by atoms with van der Waals surface area (Å²) >= 11 is 0. The summed E-state index contributed by atoms with van der Waals surface area (Å²) in [5.74, 6) is 0.243. The van der Waals surface area contributed by atoms with E-state index in [9.17, 15) is 4.79 Å². The summed E-state index contributed by atoms with van der Waals surface area (Å²) in [6.45, 7) is 4.57. The van der Waals surface area contributed by atoms with E-state index in [4.69, 9.17) is 0 Å². The summed E-state index contributed by atoms with van der Waals surface area (Å²) < 4.78 is 0. The Hall–Kier alpha value is -1.42. The van der Waals surface area contributed by atoms with Crippen LogP contribution in [0.15, 0.2) is 24.5 Å². The van der Waals surface area contributed by atoms with E-state index in [2.05, 4.69) is 10.3 Å². The predicted molar refractivity (Wildman–Crippen MR) is 66.6 cm³/mol. The lowest BCUT2D eigenvalue weighted by Gasteiger charge is -2.32. The SMILES string of the molecule is CCC1NCCN(CCc2ccncc2)C1=O. The summed E-state index contributed by atoms with van der Waals surface area (Å²) in [6.07, 6.45) is 5.36. The second-order valence-electron chi connectivity index (χ2n) is 4.35. The van der Waals surface area contributed by atoms with E-state index in [0.717, 1.165) is 32.5 Å². The van der Waals surface area contributed by atoms with E-state index in [1.807, 2.05) is 24.0 Å². The Balaban J connectivity index is 1.88. The molecule has 0 radical (unpaired) electrons. The van der Waals surface area contributed by atoms with Crippen LogP contribution in [0.5, 0.6) is 0 Å². The molecule has 1 N–H and O–H groups in total. The van der Waals surface area contributed by atoms with Gasteiger partial charge >= 0.3 is 0 Å². The maximum absolute atomic E-state index is 12.0. The van der Waals surface area contributed by atoms with Gasteiger partial charge in [-0.1, -0.05) is 6.92 Å². The molecule has 1 saturated heterocycles. The van der Waals surface area contributed by atoms with Gasteiger partial charge in [-0.2, -0.15) is 0 Å². The van der Waals surface area contributed by atoms with Gasteiger partial charge in [-0.3, -0.25) is 9.78 Å². The van der Waals surface area contributed by atoms with Crippen LogP contribution >= 0.6 is 0 Å². The van der Waals surface area contributed by atoms with E-state index in [1.165, 1.54) is 5.56 Å². The zero-order valence-corrected chi connectivity index (χ0v) is 10.2. The Morgan fingerprint density at radius 2 is 2.24 bits per heavy atom. The molecule has 2 rings (SSSR count). The van der Waals surface area contributed by atoms with Crippen molar-refractivity contribution in [3.8, 4) is 0 Å². The van der Waals surface area contributed by atoms with Gasteiger partial charge in [0.1, 0.15) is 0 Å². The lowest BCUT2D eigenvalue weighted by molar-refractivity contribution is -0.135. The number of amides is 1. The fourth-order valence-corrected chi connectivity index (χ4v) is 2.15. The maximum Gasteiger partial charge on any atom is 0.239 e. The fraction of sp³-hybridized carbons (Fsp3) is 0.538. The van der Waals surface area contributed by atoms with E-state index >= 15 is 0 Å². The molecule has 0 aromatic carbocycles. The van der Waals surface area contributed by atoms with Crippen molar-refractivity contribution in [2.75, 3.05) is 19.6 Å². The summed E-state index contributed by atoms with van der Waals surface area (Å²) in [6, 6.07) is 4.02. The van der Waals surface area contributed by atoms with Crippen molar-refractivity contribution in [2.24, 2.45) is 0 Å². The third-order valence-corrected chi connectivity index (χ3v) is 3.21. The molecule has 1 aromatic heterocycles. The number of carbonyl (C=O) groups is 1. The number of nitrogens with one attached hydrogen (secondary N) is 1. The van der Waals surface area contributed by atoms with Gasteiger partial charge in [0, 0.05) is 32.0 Å². The van der Waals surface area contributed by atoms with Gasteiger partial charge in [-0.25, -0.2) is 0 Å². The van der Waals surface area contributed by atoms with Gasteiger partial charge in [-0.15, -0.1) is 0 Å². The molecule has 0 saturated carbocycles. The van der Waals surface area contributed by atoms with Crippen LogP contribution in [0.25, 0.3) is 0 Å². The first-order valence-electron chi connectivity index (χ1n) is 6.22. The van der Waals surface area contributed by atoms with Crippen LogP contribution in [0, 0.1) is 0 Å². The molecule has 92 valence electrons. The first-order chi connectivity index (χ1) is 8.31. The molecule has 1 fully saturated rings. The minimum absolute atomic E-state index is 0.0150. The molecule has 0 aliphatic carbocycles. The smallest absolute Gasteiger partial charge is 0.239 e. The van der Waals surface area contributed by atoms with Gasteiger partial charge in [0.25, 0.3) is 0 Å². The van der Waals surface area contributed by atoms with Crippen molar-refractivity contribution in [1.29, 1.82) is 0 Å². The van der Waals surface area contributed by atoms with Crippen molar-refractivity contribution in [1.82, 2.24) is 15.2 Å². The van der Waals surface area contributed by atoms with E-state index in [-0.39, 0.29) is 11.9 Å². The minimum atomic E-state index is 0.0150. The first-order valence-corrected chi connectivity index (χ1v) is 6.22. The number of nitrogens with zero attached hydrogens (tertiary/aromatic N) is 2. The number of piperazine rings is 1. The highest BCUT2D eigenvalue weighted by Gasteiger charge is 2.26. The van der Waals surface area contributed by atoms with E-state index < -0.39 is 0 Å². The summed E-state index contributed by atoms with van der Waals surface area (Å²) in [5, 5.41) is 3.25. The third kappa shape index (κ3) is 3.03. The van der Waals surface area contributed by atoms with Crippen molar-refractivity contribution in [3.63, 3.8) is 0 Å². The highest BCUT2D eigenvalue weighted by atomic mass is 16.2. The number of carbonyl (C=O) groups excluding carboxylic acids is 1. The average molecular weight is 233 g/mol. The quantitative estimate of drug-likeness (QED) is 0.838. The Morgan fingerprint density at radius 1 is 1.47 bits per heavy atom. The molecule has 0 spiro atoms. The third-order valence-electron chi connectivity index (χ3n) is 3.21. The van der Waals surface area contributed by atoms with Crippen LogP contribution in [0.3, 0.4) is 0 Å². The van der Waals surface area contributed by atoms with Gasteiger partial charge < -0.3 is 10.2 Å². The van der Waals surface area contributed by atoms with Crippen LogP contribution in [0.4, 0.5) is 0 Å². The lowest BCUT2D eigenvalue weighted by atomic mass is 10.1. The number of hydrogen-bond donors (Lipinski definition) is 1. The lowest BCUT2D eigenvalue weighted by Crippen LogP contribution is -2.55. The average Bonchev–Trinajstić information content (AvgIpc) is 2.39. The van der Waals surface area contributed by atoms with Crippen molar-refractivity contribution < 1.29 is 4.79 Å². The maximum atomic E-state index is 12.0. The number of hydrogen-bond acceptors (Lipinski definition) is 3. The minimum Gasteiger partial charge on any atom is -0.340 e. The number of pyridine rings is 1. The van der Waals surface area contributed by atoms with Crippen LogP contribution < -0.4 is 5.32 Å². The monoisotopic (exact) mass is 233 g/mol.